The molecule has 0 aromatic heterocycles. The van der Waals surface area contributed by atoms with E-state index in [0.717, 1.165) is 22.8 Å². The van der Waals surface area contributed by atoms with Gasteiger partial charge in [-0.25, -0.2) is 4.79 Å². The molecule has 1 aromatic rings. The lowest BCUT2D eigenvalue weighted by Gasteiger charge is -2.13. The van der Waals surface area contributed by atoms with Crippen LogP contribution in [0.3, 0.4) is 0 Å². The number of carbonyl (C=O) groups is 1. The van der Waals surface area contributed by atoms with Crippen molar-refractivity contribution in [1.82, 2.24) is 4.72 Å². The largest absolute Gasteiger partial charge is 0.492 e. The zero-order chi connectivity index (χ0) is 18.7. The number of benzene rings is 1. The van der Waals surface area contributed by atoms with E-state index in [9.17, 15) is 4.79 Å². The molecule has 0 unspecified atom stereocenters. The van der Waals surface area contributed by atoms with Crippen LogP contribution >= 0.6 is 23.7 Å². The highest BCUT2D eigenvalue weighted by atomic mass is 32.2. The molecule has 1 aromatic carbocycles. The summed E-state index contributed by atoms with van der Waals surface area (Å²) in [6.45, 7) is 6.78. The van der Waals surface area contributed by atoms with Crippen molar-refractivity contribution in [2.24, 2.45) is 0 Å². The lowest BCUT2D eigenvalue weighted by atomic mass is 10.2. The van der Waals surface area contributed by atoms with Gasteiger partial charge in [-0.1, -0.05) is 18.6 Å². The van der Waals surface area contributed by atoms with Crippen LogP contribution < -0.4 is 9.46 Å². The van der Waals surface area contributed by atoms with Gasteiger partial charge in [0.2, 0.25) is 0 Å². The minimum absolute atomic E-state index is 0.394. The smallest absolute Gasteiger partial charge is 0.341 e. The van der Waals surface area contributed by atoms with Gasteiger partial charge in [0.15, 0.2) is 0 Å². The molecule has 1 rings (SSSR count). The first kappa shape index (κ1) is 21.5. The number of esters is 1. The number of carbonyl (C=O) groups excluding carboxylic acids is 1. The van der Waals surface area contributed by atoms with E-state index >= 15 is 0 Å². The third-order valence-electron chi connectivity index (χ3n) is 3.24. The number of rotatable bonds is 10. The predicted molar refractivity (Wildman–Crippen MR) is 108 cm³/mol. The minimum atomic E-state index is -0.394. The van der Waals surface area contributed by atoms with Gasteiger partial charge < -0.3 is 14.2 Å². The van der Waals surface area contributed by atoms with E-state index in [4.69, 9.17) is 9.47 Å². The molecule has 25 heavy (non-hydrogen) atoms. The maximum absolute atomic E-state index is 12.0. The highest BCUT2D eigenvalue weighted by Gasteiger charge is 2.14. The number of methoxy groups -OCH3 is 1. The summed E-state index contributed by atoms with van der Waals surface area (Å²) in [4.78, 5) is 13.0. The molecule has 0 aliphatic heterocycles. The number of ether oxygens (including phenoxy) is 2. The predicted octanol–water partition coefficient (Wildman–Crippen LogP) is 5.07. The molecule has 0 amide bonds. The molecule has 0 aliphatic carbocycles. The van der Waals surface area contributed by atoms with Crippen molar-refractivity contribution in [2.75, 3.05) is 25.7 Å². The lowest BCUT2D eigenvalue weighted by molar-refractivity contribution is 0.0596. The number of nitrogens with one attached hydrogen (secondary N) is 1. The number of thioether (sulfide) groups is 1. The zero-order valence-corrected chi connectivity index (χ0v) is 17.2. The number of allylic oxidation sites excluding steroid dienone is 3. The first-order chi connectivity index (χ1) is 12.0. The Morgan fingerprint density at radius 2 is 2.08 bits per heavy atom. The van der Waals surface area contributed by atoms with Crippen molar-refractivity contribution in [2.45, 2.75) is 32.1 Å². The summed E-state index contributed by atoms with van der Waals surface area (Å²) in [5.74, 6) is 1.03. The summed E-state index contributed by atoms with van der Waals surface area (Å²) in [7, 11) is 1.38. The van der Waals surface area contributed by atoms with Crippen molar-refractivity contribution in [3.8, 4) is 5.75 Å². The molecular formula is C19H27NO3S2. The second-order valence-corrected chi connectivity index (χ2v) is 7.28. The summed E-state index contributed by atoms with van der Waals surface area (Å²) in [5, 5.41) is 0. The second kappa shape index (κ2) is 11.9. The summed E-state index contributed by atoms with van der Waals surface area (Å²) >= 11 is 3.16. The van der Waals surface area contributed by atoms with Crippen LogP contribution in [-0.2, 0) is 4.74 Å². The van der Waals surface area contributed by atoms with E-state index in [2.05, 4.69) is 37.6 Å². The van der Waals surface area contributed by atoms with Crippen LogP contribution in [0.1, 0.15) is 37.6 Å². The average Bonchev–Trinajstić information content (AvgIpc) is 2.61. The Kier molecular flexibility index (Phi) is 10.3. The molecule has 0 fully saturated rings. The van der Waals surface area contributed by atoms with Gasteiger partial charge >= 0.3 is 5.97 Å². The Morgan fingerprint density at radius 1 is 1.32 bits per heavy atom. The van der Waals surface area contributed by atoms with Gasteiger partial charge in [-0.15, -0.1) is 0 Å². The molecule has 0 bridgehead atoms. The van der Waals surface area contributed by atoms with E-state index < -0.39 is 5.97 Å². The van der Waals surface area contributed by atoms with Crippen molar-refractivity contribution in [3.63, 3.8) is 0 Å². The average molecular weight is 382 g/mol. The van der Waals surface area contributed by atoms with Crippen LogP contribution in [0.25, 0.3) is 0 Å². The minimum Gasteiger partial charge on any atom is -0.492 e. The van der Waals surface area contributed by atoms with Crippen LogP contribution in [0.4, 0.5) is 0 Å². The first-order valence-electron chi connectivity index (χ1n) is 8.14. The maximum Gasteiger partial charge on any atom is 0.341 e. The fourth-order valence-corrected chi connectivity index (χ4v) is 2.92. The monoisotopic (exact) mass is 381 g/mol. The van der Waals surface area contributed by atoms with Crippen LogP contribution in [0.5, 0.6) is 5.75 Å². The molecule has 0 saturated heterocycles. The molecule has 0 spiro atoms. The Labute approximate surface area is 159 Å². The Bertz CT molecular complexity index is 623. The third-order valence-corrected chi connectivity index (χ3v) is 4.63. The van der Waals surface area contributed by atoms with Crippen LogP contribution in [0, 0.1) is 0 Å². The van der Waals surface area contributed by atoms with Gasteiger partial charge in [0, 0.05) is 16.3 Å². The molecule has 0 radical (unpaired) electrons. The lowest BCUT2D eigenvalue weighted by Crippen LogP contribution is -2.09. The van der Waals surface area contributed by atoms with Crippen molar-refractivity contribution < 1.29 is 14.3 Å². The summed E-state index contributed by atoms with van der Waals surface area (Å²) in [5.41, 5.74) is 2.70. The molecule has 0 aliphatic rings. The third kappa shape index (κ3) is 7.48. The second-order valence-electron chi connectivity index (χ2n) is 5.42. The van der Waals surface area contributed by atoms with Gasteiger partial charge in [-0.05, 0) is 62.7 Å². The van der Waals surface area contributed by atoms with Crippen LogP contribution in [-0.4, -0.2) is 31.7 Å². The standard InChI is InChI=1S/C19H27NO3S2/c1-6-7-8-17(14(2)3)20-25-15-9-10-18(23-11-12-24-5)16(13-15)19(21)22-4/h7-10,13,20H,6,11-12H2,1-5H3/b8-7-. The Morgan fingerprint density at radius 3 is 2.68 bits per heavy atom. The van der Waals surface area contributed by atoms with Gasteiger partial charge in [-0.2, -0.15) is 11.8 Å². The Balaban J connectivity index is 2.92. The fraction of sp³-hybridized carbons (Fsp3) is 0.421. The van der Waals surface area contributed by atoms with E-state index in [-0.39, 0.29) is 0 Å². The van der Waals surface area contributed by atoms with Gasteiger partial charge in [0.25, 0.3) is 0 Å². The van der Waals surface area contributed by atoms with Gasteiger partial charge in [0.1, 0.15) is 11.3 Å². The molecule has 4 nitrogen and oxygen atoms in total. The quantitative estimate of drug-likeness (QED) is 0.264. The Hall–Kier alpha value is -1.53. The SMILES string of the molecule is CC/C=C\C(NSc1ccc(OCCSC)c(C(=O)OC)c1)=C(C)C. The molecule has 1 N–H and O–H groups in total. The summed E-state index contributed by atoms with van der Waals surface area (Å²) in [6, 6.07) is 5.55. The molecular weight excluding hydrogens is 354 g/mol. The first-order valence-corrected chi connectivity index (χ1v) is 10.4. The zero-order valence-electron chi connectivity index (χ0n) is 15.5. The van der Waals surface area contributed by atoms with E-state index in [0.29, 0.717) is 17.9 Å². The fourth-order valence-electron chi connectivity index (χ4n) is 1.86. The van der Waals surface area contributed by atoms with Crippen molar-refractivity contribution in [1.29, 1.82) is 0 Å². The summed E-state index contributed by atoms with van der Waals surface area (Å²) in [6.07, 6.45) is 7.18. The molecule has 138 valence electrons. The topological polar surface area (TPSA) is 47.6 Å². The number of hydrogen-bond donors (Lipinski definition) is 1. The summed E-state index contributed by atoms with van der Waals surface area (Å²) < 4.78 is 13.9. The highest BCUT2D eigenvalue weighted by molar-refractivity contribution is 7.98. The molecule has 6 heteroatoms. The van der Waals surface area contributed by atoms with E-state index in [1.165, 1.54) is 24.6 Å². The van der Waals surface area contributed by atoms with Gasteiger partial charge in [0.05, 0.1) is 13.7 Å². The number of hydrogen-bond acceptors (Lipinski definition) is 6. The maximum atomic E-state index is 12.0. The van der Waals surface area contributed by atoms with Crippen LogP contribution in [0.2, 0.25) is 0 Å². The molecule has 0 saturated carbocycles. The molecule has 0 heterocycles. The van der Waals surface area contributed by atoms with Crippen LogP contribution in [0.15, 0.2) is 46.5 Å². The molecule has 0 atom stereocenters. The van der Waals surface area contributed by atoms with Crippen molar-refractivity contribution in [3.05, 3.63) is 47.2 Å². The van der Waals surface area contributed by atoms with Gasteiger partial charge in [-0.3, -0.25) is 0 Å². The normalized spacial score (nSPS) is 10.6. The van der Waals surface area contributed by atoms with Crippen molar-refractivity contribution >= 4 is 29.7 Å². The van der Waals surface area contributed by atoms with E-state index in [1.807, 2.05) is 18.4 Å². The van der Waals surface area contributed by atoms with E-state index in [1.54, 1.807) is 17.8 Å². The highest BCUT2D eigenvalue weighted by Crippen LogP contribution is 2.26.